The zero-order chi connectivity index (χ0) is 26.5. The van der Waals surface area contributed by atoms with Crippen LogP contribution < -0.4 is 5.32 Å². The molecule has 1 N–H and O–H groups in total. The van der Waals surface area contributed by atoms with Gasteiger partial charge in [0.1, 0.15) is 11.2 Å². The molecule has 2 heteroatoms. The number of nitrogens with one attached hydrogen (secondary N) is 1. The van der Waals surface area contributed by atoms with E-state index in [1.165, 1.54) is 32.7 Å². The summed E-state index contributed by atoms with van der Waals surface area (Å²) in [5, 5.41) is 11.0. The van der Waals surface area contributed by atoms with Gasteiger partial charge in [0, 0.05) is 27.7 Å². The van der Waals surface area contributed by atoms with Gasteiger partial charge in [0.15, 0.2) is 0 Å². The lowest BCUT2D eigenvalue weighted by Crippen LogP contribution is -1.90. The third kappa shape index (κ3) is 3.81. The third-order valence-electron chi connectivity index (χ3n) is 7.85. The molecule has 0 spiro atoms. The highest BCUT2D eigenvalue weighted by atomic mass is 16.3. The number of anilines is 2. The molecule has 188 valence electrons. The normalized spacial score (nSPS) is 11.5. The predicted molar refractivity (Wildman–Crippen MR) is 169 cm³/mol. The summed E-state index contributed by atoms with van der Waals surface area (Å²) >= 11 is 0. The molecule has 0 atom stereocenters. The first-order valence-electron chi connectivity index (χ1n) is 13.6. The molecule has 0 saturated carbocycles. The van der Waals surface area contributed by atoms with E-state index in [4.69, 9.17) is 4.42 Å². The molecule has 8 aromatic rings. The molecule has 0 saturated heterocycles. The quantitative estimate of drug-likeness (QED) is 0.238. The van der Waals surface area contributed by atoms with Crippen LogP contribution in [0.1, 0.15) is 0 Å². The van der Waals surface area contributed by atoms with Crippen LogP contribution in [0.2, 0.25) is 0 Å². The van der Waals surface area contributed by atoms with Gasteiger partial charge in [-0.25, -0.2) is 0 Å². The highest BCUT2D eigenvalue weighted by molar-refractivity contribution is 6.10. The monoisotopic (exact) mass is 511 g/mol. The van der Waals surface area contributed by atoms with Crippen molar-refractivity contribution in [2.45, 2.75) is 0 Å². The average molecular weight is 512 g/mol. The van der Waals surface area contributed by atoms with E-state index in [1.807, 2.05) is 12.1 Å². The smallest absolute Gasteiger partial charge is 0.143 e. The van der Waals surface area contributed by atoms with Crippen LogP contribution in [-0.4, -0.2) is 0 Å². The van der Waals surface area contributed by atoms with Gasteiger partial charge >= 0.3 is 0 Å². The predicted octanol–water partition coefficient (Wildman–Crippen LogP) is 11.0. The van der Waals surface area contributed by atoms with E-state index in [-0.39, 0.29) is 0 Å². The first-order valence-corrected chi connectivity index (χ1v) is 13.6. The molecule has 1 heterocycles. The Kier molecular flexibility index (Phi) is 5.17. The molecule has 2 nitrogen and oxygen atoms in total. The zero-order valence-corrected chi connectivity index (χ0v) is 21.8. The maximum atomic E-state index is 6.24. The van der Waals surface area contributed by atoms with Crippen molar-refractivity contribution >= 4 is 54.9 Å². The summed E-state index contributed by atoms with van der Waals surface area (Å²) in [6.45, 7) is 0. The average Bonchev–Trinajstić information content (AvgIpc) is 3.41. The van der Waals surface area contributed by atoms with Crippen LogP contribution >= 0.6 is 0 Å². The fourth-order valence-electron chi connectivity index (χ4n) is 5.81. The number of rotatable bonds is 4. The van der Waals surface area contributed by atoms with Crippen molar-refractivity contribution < 1.29 is 4.42 Å². The summed E-state index contributed by atoms with van der Waals surface area (Å²) in [6.07, 6.45) is 0. The van der Waals surface area contributed by atoms with E-state index in [0.29, 0.717) is 0 Å². The highest BCUT2D eigenvalue weighted by Crippen LogP contribution is 2.36. The van der Waals surface area contributed by atoms with Crippen LogP contribution in [0, 0.1) is 0 Å². The van der Waals surface area contributed by atoms with E-state index in [2.05, 4.69) is 139 Å². The molecule has 0 bridgehead atoms. The van der Waals surface area contributed by atoms with Gasteiger partial charge in [0.2, 0.25) is 0 Å². The van der Waals surface area contributed by atoms with E-state index >= 15 is 0 Å². The molecule has 0 fully saturated rings. The Bertz CT molecular complexity index is 2170. The molecule has 0 radical (unpaired) electrons. The fraction of sp³-hybridized carbons (Fsp3) is 0. The van der Waals surface area contributed by atoms with Crippen LogP contribution in [0.4, 0.5) is 11.4 Å². The van der Waals surface area contributed by atoms with Crippen LogP contribution in [0.25, 0.3) is 65.7 Å². The summed E-state index contributed by atoms with van der Waals surface area (Å²) in [4.78, 5) is 0. The Morgan fingerprint density at radius 2 is 1.02 bits per heavy atom. The molecule has 40 heavy (non-hydrogen) atoms. The number of benzene rings is 7. The molecular weight excluding hydrogens is 486 g/mol. The van der Waals surface area contributed by atoms with Crippen molar-refractivity contribution in [1.29, 1.82) is 0 Å². The van der Waals surface area contributed by atoms with Crippen molar-refractivity contribution in [3.05, 3.63) is 146 Å². The Morgan fingerprint density at radius 3 is 1.85 bits per heavy atom. The number of para-hydroxylation sites is 2. The lowest BCUT2D eigenvalue weighted by atomic mass is 9.97. The second kappa shape index (κ2) is 9.14. The van der Waals surface area contributed by atoms with Gasteiger partial charge in [0.05, 0.1) is 0 Å². The number of fused-ring (bicyclic) bond motifs is 6. The van der Waals surface area contributed by atoms with E-state index in [1.54, 1.807) is 0 Å². The van der Waals surface area contributed by atoms with Gasteiger partial charge in [-0.3, -0.25) is 0 Å². The Balaban J connectivity index is 1.04. The molecule has 0 aliphatic carbocycles. The van der Waals surface area contributed by atoms with Crippen molar-refractivity contribution in [3.8, 4) is 22.3 Å². The Hall–Kier alpha value is -5.34. The summed E-state index contributed by atoms with van der Waals surface area (Å²) in [7, 11) is 0. The second-order valence-electron chi connectivity index (χ2n) is 10.3. The van der Waals surface area contributed by atoms with E-state index in [9.17, 15) is 0 Å². The number of furan rings is 1. The minimum Gasteiger partial charge on any atom is -0.455 e. The molecule has 7 aromatic carbocycles. The minimum atomic E-state index is 0.920. The highest BCUT2D eigenvalue weighted by Gasteiger charge is 2.11. The maximum absolute atomic E-state index is 6.24. The summed E-state index contributed by atoms with van der Waals surface area (Å²) in [5.74, 6) is 0. The third-order valence-corrected chi connectivity index (χ3v) is 7.85. The molecular formula is C38H25NO. The van der Waals surface area contributed by atoms with Crippen molar-refractivity contribution in [2.24, 2.45) is 0 Å². The molecule has 0 unspecified atom stereocenters. The number of hydrogen-bond donors (Lipinski definition) is 1. The molecule has 0 amide bonds. The Morgan fingerprint density at radius 1 is 0.400 bits per heavy atom. The zero-order valence-electron chi connectivity index (χ0n) is 21.8. The van der Waals surface area contributed by atoms with Gasteiger partial charge < -0.3 is 9.73 Å². The molecule has 0 aliphatic rings. The Labute approximate surface area is 232 Å². The molecule has 1 aromatic heterocycles. The second-order valence-corrected chi connectivity index (χ2v) is 10.3. The lowest BCUT2D eigenvalue weighted by Gasteiger charge is -2.10. The van der Waals surface area contributed by atoms with Gasteiger partial charge in [-0.05, 0) is 74.6 Å². The SMILES string of the molecule is c1ccc2c(c1)ccc1cc(-c3ccc(Nc4ccc(-c5cccc6c5oc5ccccc56)cc4)cc3)ccc12. The summed E-state index contributed by atoms with van der Waals surface area (Å²) < 4.78 is 6.24. The standard InChI is InChI=1S/C38H25NO/c1-2-7-32-26(6-1)12-13-29-24-28(18-23-33(29)32)25-14-19-30(20-15-25)39-31-21-16-27(17-22-31)34-9-5-10-36-35-8-3-4-11-37(35)40-38(34)36/h1-24,39H. The lowest BCUT2D eigenvalue weighted by molar-refractivity contribution is 0.670. The van der Waals surface area contributed by atoms with Crippen LogP contribution in [-0.2, 0) is 0 Å². The van der Waals surface area contributed by atoms with Crippen LogP contribution in [0.3, 0.4) is 0 Å². The fourth-order valence-corrected chi connectivity index (χ4v) is 5.81. The van der Waals surface area contributed by atoms with Crippen molar-refractivity contribution in [3.63, 3.8) is 0 Å². The largest absolute Gasteiger partial charge is 0.455 e. The van der Waals surface area contributed by atoms with Crippen molar-refractivity contribution in [2.75, 3.05) is 5.32 Å². The van der Waals surface area contributed by atoms with Gasteiger partial charge in [0.25, 0.3) is 0 Å². The molecule has 8 rings (SSSR count). The van der Waals surface area contributed by atoms with Gasteiger partial charge in [-0.1, -0.05) is 109 Å². The minimum absolute atomic E-state index is 0.920. The van der Waals surface area contributed by atoms with E-state index in [0.717, 1.165) is 44.4 Å². The van der Waals surface area contributed by atoms with Gasteiger partial charge in [-0.2, -0.15) is 0 Å². The maximum Gasteiger partial charge on any atom is 0.143 e. The van der Waals surface area contributed by atoms with E-state index < -0.39 is 0 Å². The summed E-state index contributed by atoms with van der Waals surface area (Å²) in [6, 6.07) is 51.5. The summed E-state index contributed by atoms with van der Waals surface area (Å²) in [5.41, 5.74) is 8.62. The van der Waals surface area contributed by atoms with Crippen LogP contribution in [0.5, 0.6) is 0 Å². The topological polar surface area (TPSA) is 25.2 Å². The first-order chi connectivity index (χ1) is 19.8. The van der Waals surface area contributed by atoms with Crippen LogP contribution in [0.15, 0.2) is 150 Å². The molecule has 0 aliphatic heterocycles. The van der Waals surface area contributed by atoms with Gasteiger partial charge in [-0.15, -0.1) is 0 Å². The number of hydrogen-bond acceptors (Lipinski definition) is 2. The first kappa shape index (κ1) is 22.6. The van der Waals surface area contributed by atoms with Crippen molar-refractivity contribution in [1.82, 2.24) is 0 Å².